The van der Waals surface area contributed by atoms with Crippen LogP contribution in [0.1, 0.15) is 11.5 Å². The van der Waals surface area contributed by atoms with Gasteiger partial charge >= 0.3 is 5.97 Å². The molecule has 7 heteroatoms. The predicted molar refractivity (Wildman–Crippen MR) is 66.6 cm³/mol. The third kappa shape index (κ3) is 2.56. The Morgan fingerprint density at radius 3 is 2.44 bits per heavy atom. The van der Waals surface area contributed by atoms with Crippen LogP contribution in [-0.4, -0.2) is 31.8 Å². The zero-order valence-electron chi connectivity index (χ0n) is 9.87. The van der Waals surface area contributed by atoms with E-state index in [4.69, 9.17) is 20.3 Å². The molecule has 0 saturated carbocycles. The molecule has 0 aromatic heterocycles. The summed E-state index contributed by atoms with van der Waals surface area (Å²) in [6.07, 6.45) is 0. The lowest BCUT2D eigenvalue weighted by Crippen LogP contribution is -2.22. The minimum atomic E-state index is -1.12. The molecule has 0 aliphatic rings. The van der Waals surface area contributed by atoms with E-state index in [1.165, 1.54) is 14.2 Å². The Balaban J connectivity index is 3.55. The summed E-state index contributed by atoms with van der Waals surface area (Å²) in [4.78, 5) is 11.1. The average Bonchev–Trinajstić information content (AvgIpc) is 2.31. The van der Waals surface area contributed by atoms with Crippen molar-refractivity contribution in [2.75, 3.05) is 20.8 Å². The van der Waals surface area contributed by atoms with Gasteiger partial charge in [-0.15, -0.1) is 0 Å². The van der Waals surface area contributed by atoms with Crippen LogP contribution in [0.15, 0.2) is 10.5 Å². The highest BCUT2D eigenvalue weighted by Gasteiger charge is 2.29. The summed E-state index contributed by atoms with van der Waals surface area (Å²) >= 11 is 3.12. The Labute approximate surface area is 112 Å². The molecule has 1 aromatic carbocycles. The van der Waals surface area contributed by atoms with E-state index in [1.54, 1.807) is 0 Å². The van der Waals surface area contributed by atoms with Gasteiger partial charge in [-0.2, -0.15) is 0 Å². The van der Waals surface area contributed by atoms with Crippen molar-refractivity contribution in [1.29, 1.82) is 0 Å². The minimum absolute atomic E-state index is 0.0298. The lowest BCUT2D eigenvalue weighted by Gasteiger charge is -2.19. The first-order valence-electron chi connectivity index (χ1n) is 5.00. The van der Waals surface area contributed by atoms with Crippen molar-refractivity contribution in [2.24, 2.45) is 5.73 Å². The molecule has 0 bridgehead atoms. The summed E-state index contributed by atoms with van der Waals surface area (Å²) in [6, 6.07) is 1.13. The van der Waals surface area contributed by atoms with Crippen molar-refractivity contribution < 1.29 is 23.8 Å². The number of ether oxygens (including phenoxy) is 2. The van der Waals surface area contributed by atoms with Crippen molar-refractivity contribution in [3.63, 3.8) is 0 Å². The summed E-state index contributed by atoms with van der Waals surface area (Å²) in [5.41, 5.74) is 5.69. The normalized spacial score (nSPS) is 12.1. The van der Waals surface area contributed by atoms with Gasteiger partial charge in [0.2, 0.25) is 0 Å². The number of aliphatic carboxylic acids is 1. The predicted octanol–water partition coefficient (Wildman–Crippen LogP) is 1.73. The number of hydrogen-bond acceptors (Lipinski definition) is 4. The Kier molecular flexibility index (Phi) is 4.92. The average molecular weight is 322 g/mol. The number of halogens is 2. The van der Waals surface area contributed by atoms with E-state index in [0.29, 0.717) is 0 Å². The number of methoxy groups -OCH3 is 2. The second-order valence-corrected chi connectivity index (χ2v) is 4.30. The van der Waals surface area contributed by atoms with Gasteiger partial charge < -0.3 is 20.3 Å². The Bertz CT molecular complexity index is 467. The number of carbonyl (C=O) groups is 1. The molecule has 0 aliphatic heterocycles. The monoisotopic (exact) mass is 321 g/mol. The summed E-state index contributed by atoms with van der Waals surface area (Å²) < 4.78 is 23.8. The first-order chi connectivity index (χ1) is 8.47. The molecule has 0 spiro atoms. The summed E-state index contributed by atoms with van der Waals surface area (Å²) in [5.74, 6) is -2.89. The topological polar surface area (TPSA) is 81.8 Å². The van der Waals surface area contributed by atoms with Gasteiger partial charge in [-0.1, -0.05) is 15.9 Å². The van der Waals surface area contributed by atoms with E-state index in [1.807, 2.05) is 0 Å². The number of carboxylic acids is 1. The molecule has 18 heavy (non-hydrogen) atoms. The number of carboxylic acid groups (broad SMARTS) is 1. The van der Waals surface area contributed by atoms with Gasteiger partial charge in [0.25, 0.3) is 0 Å². The van der Waals surface area contributed by atoms with Crippen LogP contribution >= 0.6 is 15.9 Å². The third-order valence-electron chi connectivity index (χ3n) is 2.47. The Morgan fingerprint density at radius 1 is 1.50 bits per heavy atom. The van der Waals surface area contributed by atoms with E-state index >= 15 is 0 Å². The molecule has 100 valence electrons. The van der Waals surface area contributed by atoms with Crippen molar-refractivity contribution in [3.8, 4) is 11.5 Å². The van der Waals surface area contributed by atoms with Gasteiger partial charge in [0.15, 0.2) is 17.3 Å². The van der Waals surface area contributed by atoms with Crippen molar-refractivity contribution in [2.45, 2.75) is 5.92 Å². The standard InChI is InChI=1S/C11H13BrFNO4/c1-17-9-7(13)3-6(12)8(10(9)18-2)5(4-14)11(15)16/h3,5H,4,14H2,1-2H3,(H,15,16). The van der Waals surface area contributed by atoms with Crippen LogP contribution in [0.2, 0.25) is 0 Å². The van der Waals surface area contributed by atoms with Crippen LogP contribution in [0, 0.1) is 5.82 Å². The number of hydrogen-bond donors (Lipinski definition) is 2. The molecule has 1 atom stereocenters. The fraction of sp³-hybridized carbons (Fsp3) is 0.364. The zero-order valence-corrected chi connectivity index (χ0v) is 11.5. The molecule has 0 heterocycles. The Morgan fingerprint density at radius 2 is 2.06 bits per heavy atom. The molecular weight excluding hydrogens is 309 g/mol. The maximum atomic E-state index is 13.6. The first kappa shape index (κ1) is 14.7. The molecular formula is C11H13BrFNO4. The highest BCUT2D eigenvalue weighted by atomic mass is 79.9. The van der Waals surface area contributed by atoms with Crippen molar-refractivity contribution in [3.05, 3.63) is 21.9 Å². The minimum Gasteiger partial charge on any atom is -0.492 e. The first-order valence-corrected chi connectivity index (χ1v) is 5.79. The van der Waals surface area contributed by atoms with Gasteiger partial charge in [0.05, 0.1) is 20.1 Å². The van der Waals surface area contributed by atoms with E-state index in [-0.39, 0.29) is 28.1 Å². The van der Waals surface area contributed by atoms with Crippen LogP contribution in [0.5, 0.6) is 11.5 Å². The lowest BCUT2D eigenvalue weighted by molar-refractivity contribution is -0.138. The molecule has 0 amide bonds. The van der Waals surface area contributed by atoms with Gasteiger partial charge in [0.1, 0.15) is 0 Å². The molecule has 3 N–H and O–H groups in total. The number of rotatable bonds is 5. The lowest BCUT2D eigenvalue weighted by atomic mass is 9.97. The maximum absolute atomic E-state index is 13.6. The summed E-state index contributed by atoms with van der Waals surface area (Å²) in [6.45, 7) is -0.140. The third-order valence-corrected chi connectivity index (χ3v) is 3.13. The van der Waals surface area contributed by atoms with E-state index < -0.39 is 17.7 Å². The van der Waals surface area contributed by atoms with Crippen molar-refractivity contribution >= 4 is 21.9 Å². The maximum Gasteiger partial charge on any atom is 0.312 e. The number of nitrogens with two attached hydrogens (primary N) is 1. The molecule has 1 rings (SSSR count). The fourth-order valence-electron chi connectivity index (χ4n) is 1.65. The second-order valence-electron chi connectivity index (χ2n) is 3.45. The van der Waals surface area contributed by atoms with E-state index in [2.05, 4.69) is 15.9 Å². The molecule has 0 aliphatic carbocycles. The SMILES string of the molecule is COc1c(F)cc(Br)c(C(CN)C(=O)O)c1OC. The molecule has 1 unspecified atom stereocenters. The Hall–Kier alpha value is -1.34. The highest BCUT2D eigenvalue weighted by Crippen LogP contribution is 2.42. The molecule has 5 nitrogen and oxygen atoms in total. The van der Waals surface area contributed by atoms with Gasteiger partial charge in [-0.05, 0) is 6.07 Å². The molecule has 1 aromatic rings. The van der Waals surface area contributed by atoms with Crippen LogP contribution in [-0.2, 0) is 4.79 Å². The summed E-state index contributed by atoms with van der Waals surface area (Å²) in [7, 11) is 2.58. The largest absolute Gasteiger partial charge is 0.492 e. The fourth-order valence-corrected chi connectivity index (χ4v) is 2.31. The van der Waals surface area contributed by atoms with Crippen molar-refractivity contribution in [1.82, 2.24) is 0 Å². The van der Waals surface area contributed by atoms with Gasteiger partial charge in [0, 0.05) is 16.6 Å². The van der Waals surface area contributed by atoms with Crippen LogP contribution in [0.4, 0.5) is 4.39 Å². The highest BCUT2D eigenvalue weighted by molar-refractivity contribution is 9.10. The summed E-state index contributed by atoms with van der Waals surface area (Å²) in [5, 5.41) is 9.11. The van der Waals surface area contributed by atoms with Gasteiger partial charge in [-0.3, -0.25) is 4.79 Å². The number of benzene rings is 1. The molecule has 0 saturated heterocycles. The second kappa shape index (κ2) is 6.01. The van der Waals surface area contributed by atoms with Crippen LogP contribution in [0.25, 0.3) is 0 Å². The zero-order chi connectivity index (χ0) is 13.9. The quantitative estimate of drug-likeness (QED) is 0.863. The van der Waals surface area contributed by atoms with Crippen LogP contribution in [0.3, 0.4) is 0 Å². The smallest absolute Gasteiger partial charge is 0.312 e. The molecule has 0 fully saturated rings. The van der Waals surface area contributed by atoms with Gasteiger partial charge in [-0.25, -0.2) is 4.39 Å². The molecule has 0 radical (unpaired) electrons. The van der Waals surface area contributed by atoms with E-state index in [0.717, 1.165) is 6.07 Å². The van der Waals surface area contributed by atoms with E-state index in [9.17, 15) is 9.18 Å². The van der Waals surface area contributed by atoms with Crippen LogP contribution < -0.4 is 15.2 Å².